The van der Waals surface area contributed by atoms with Crippen LogP contribution in [-0.2, 0) is 23.7 Å². The van der Waals surface area contributed by atoms with Gasteiger partial charge in [0.2, 0.25) is 0 Å². The molecule has 0 amide bonds. The van der Waals surface area contributed by atoms with Gasteiger partial charge in [-0.25, -0.2) is 0 Å². The standard InChI is InChI=1S/C32H52O6/c1-31(2)23-36-32(37-24-31)21-20-25(27(32)15-9-5-6-10-16-29(33)34)18-19-28(26-13-7-3-4-8-14-26)38-30-17-11-12-22-35-30/h5-6,18-19,25-28,30H,3-4,7-17,20-24H2,1-2H3,(H,33,34). The van der Waals surface area contributed by atoms with Gasteiger partial charge >= 0.3 is 5.97 Å². The van der Waals surface area contributed by atoms with Crippen LogP contribution in [0, 0.1) is 23.2 Å². The summed E-state index contributed by atoms with van der Waals surface area (Å²) in [6.07, 6.45) is 24.7. The first-order valence-corrected chi connectivity index (χ1v) is 15.5. The van der Waals surface area contributed by atoms with Crippen LogP contribution >= 0.6 is 0 Å². The van der Waals surface area contributed by atoms with Gasteiger partial charge in [0.15, 0.2) is 12.1 Å². The van der Waals surface area contributed by atoms with Crippen molar-refractivity contribution in [1.29, 1.82) is 0 Å². The van der Waals surface area contributed by atoms with Gasteiger partial charge in [-0.3, -0.25) is 4.79 Å². The zero-order chi connectivity index (χ0) is 26.8. The van der Waals surface area contributed by atoms with Crippen molar-refractivity contribution in [2.45, 2.75) is 128 Å². The summed E-state index contributed by atoms with van der Waals surface area (Å²) in [7, 11) is 0. The smallest absolute Gasteiger partial charge is 0.303 e. The Bertz CT molecular complexity index is 765. The second-order valence-corrected chi connectivity index (χ2v) is 12.9. The van der Waals surface area contributed by atoms with Gasteiger partial charge in [0.05, 0.1) is 19.3 Å². The van der Waals surface area contributed by atoms with Gasteiger partial charge in [0.1, 0.15) is 0 Å². The largest absolute Gasteiger partial charge is 0.481 e. The van der Waals surface area contributed by atoms with E-state index >= 15 is 0 Å². The topological polar surface area (TPSA) is 74.2 Å². The zero-order valence-electron chi connectivity index (χ0n) is 23.9. The fourth-order valence-electron chi connectivity index (χ4n) is 6.74. The Kier molecular flexibility index (Phi) is 11.3. The molecule has 38 heavy (non-hydrogen) atoms. The summed E-state index contributed by atoms with van der Waals surface area (Å²) in [5.41, 5.74) is 0.0406. The highest BCUT2D eigenvalue weighted by Gasteiger charge is 2.52. The molecule has 0 aromatic heterocycles. The first-order valence-electron chi connectivity index (χ1n) is 15.5. The molecule has 2 aliphatic heterocycles. The van der Waals surface area contributed by atoms with Gasteiger partial charge in [-0.2, -0.15) is 0 Å². The van der Waals surface area contributed by atoms with E-state index in [4.69, 9.17) is 24.1 Å². The summed E-state index contributed by atoms with van der Waals surface area (Å²) in [4.78, 5) is 10.8. The molecule has 6 heteroatoms. The summed E-state index contributed by atoms with van der Waals surface area (Å²) >= 11 is 0. The molecule has 2 saturated carbocycles. The maximum Gasteiger partial charge on any atom is 0.303 e. The number of hydrogen-bond donors (Lipinski definition) is 1. The Morgan fingerprint density at radius 1 is 0.974 bits per heavy atom. The maximum absolute atomic E-state index is 10.8. The lowest BCUT2D eigenvalue weighted by Crippen LogP contribution is -2.50. The van der Waals surface area contributed by atoms with E-state index < -0.39 is 11.8 Å². The summed E-state index contributed by atoms with van der Waals surface area (Å²) in [6, 6.07) is 0. The van der Waals surface area contributed by atoms with Crippen LogP contribution in [-0.4, -0.2) is 49.1 Å². The minimum atomic E-state index is -0.745. The molecular weight excluding hydrogens is 480 g/mol. The third-order valence-corrected chi connectivity index (χ3v) is 9.02. The molecule has 4 atom stereocenters. The molecule has 0 bridgehead atoms. The number of ether oxygens (including phenoxy) is 4. The third-order valence-electron chi connectivity index (χ3n) is 9.02. The molecule has 4 fully saturated rings. The minimum absolute atomic E-state index is 0.0406. The van der Waals surface area contributed by atoms with E-state index in [9.17, 15) is 4.79 Å². The highest BCUT2D eigenvalue weighted by molar-refractivity contribution is 5.66. The molecule has 4 unspecified atom stereocenters. The van der Waals surface area contributed by atoms with Crippen molar-refractivity contribution in [2.75, 3.05) is 19.8 Å². The number of aliphatic carboxylic acids is 1. The molecule has 4 rings (SSSR count). The SMILES string of the molecule is CC1(C)COC2(CCC(C=CC(OC3CCCCO3)C3CCCCCC3)C2CCC=CCCC(=O)O)OC1. The molecule has 2 aliphatic carbocycles. The predicted octanol–water partition coefficient (Wildman–Crippen LogP) is 7.42. The number of allylic oxidation sites excluding steroid dienone is 3. The number of hydrogen-bond acceptors (Lipinski definition) is 5. The van der Waals surface area contributed by atoms with Crippen molar-refractivity contribution in [3.63, 3.8) is 0 Å². The van der Waals surface area contributed by atoms with Crippen LogP contribution < -0.4 is 0 Å². The van der Waals surface area contributed by atoms with Gasteiger partial charge in [0.25, 0.3) is 0 Å². The first kappa shape index (κ1) is 29.8. The van der Waals surface area contributed by atoms with Crippen molar-refractivity contribution in [3.8, 4) is 0 Å². The van der Waals surface area contributed by atoms with Crippen molar-refractivity contribution in [2.24, 2.45) is 23.2 Å². The van der Waals surface area contributed by atoms with Crippen LogP contribution in [0.5, 0.6) is 0 Å². The third kappa shape index (κ3) is 8.64. The average molecular weight is 533 g/mol. The van der Waals surface area contributed by atoms with Crippen molar-refractivity contribution in [3.05, 3.63) is 24.3 Å². The molecule has 0 aromatic carbocycles. The normalized spacial score (nSPS) is 31.2. The van der Waals surface area contributed by atoms with Crippen LogP contribution in [0.2, 0.25) is 0 Å². The Hall–Kier alpha value is -1.21. The van der Waals surface area contributed by atoms with Crippen molar-refractivity contribution in [1.82, 2.24) is 0 Å². The number of carboxylic acids is 1. The van der Waals surface area contributed by atoms with Gasteiger partial charge in [-0.05, 0) is 69.6 Å². The van der Waals surface area contributed by atoms with Crippen LogP contribution in [0.1, 0.15) is 110 Å². The summed E-state index contributed by atoms with van der Waals surface area (Å²) < 4.78 is 25.7. The molecule has 4 aliphatic rings. The van der Waals surface area contributed by atoms with Crippen LogP contribution in [0.25, 0.3) is 0 Å². The minimum Gasteiger partial charge on any atom is -0.481 e. The molecule has 6 nitrogen and oxygen atoms in total. The molecule has 2 heterocycles. The Balaban J connectivity index is 1.45. The van der Waals surface area contributed by atoms with Gasteiger partial charge in [-0.15, -0.1) is 0 Å². The number of rotatable bonds is 11. The Morgan fingerprint density at radius 2 is 1.68 bits per heavy atom. The lowest BCUT2D eigenvalue weighted by molar-refractivity contribution is -0.316. The summed E-state index contributed by atoms with van der Waals surface area (Å²) in [5.74, 6) is -0.0316. The lowest BCUT2D eigenvalue weighted by Gasteiger charge is -2.45. The highest BCUT2D eigenvalue weighted by atomic mass is 16.7. The van der Waals surface area contributed by atoms with E-state index in [0.717, 1.165) is 58.3 Å². The second kappa shape index (κ2) is 14.4. The molecule has 0 radical (unpaired) electrons. The predicted molar refractivity (Wildman–Crippen MR) is 149 cm³/mol. The molecule has 216 valence electrons. The van der Waals surface area contributed by atoms with Crippen molar-refractivity contribution >= 4 is 5.97 Å². The Labute approximate surface area is 230 Å². The molecule has 0 aromatic rings. The highest BCUT2D eigenvalue weighted by Crippen LogP contribution is 2.50. The van der Waals surface area contributed by atoms with E-state index in [1.165, 1.54) is 44.9 Å². The number of carbonyl (C=O) groups is 1. The van der Waals surface area contributed by atoms with E-state index in [2.05, 4.69) is 32.1 Å². The quantitative estimate of drug-likeness (QED) is 0.220. The molecule has 1 spiro atoms. The zero-order valence-corrected chi connectivity index (χ0v) is 23.9. The van der Waals surface area contributed by atoms with Crippen LogP contribution in [0.4, 0.5) is 0 Å². The fourth-order valence-corrected chi connectivity index (χ4v) is 6.74. The van der Waals surface area contributed by atoms with E-state index in [0.29, 0.717) is 18.3 Å². The first-order chi connectivity index (χ1) is 18.4. The van der Waals surface area contributed by atoms with Crippen LogP contribution in [0.15, 0.2) is 24.3 Å². The lowest BCUT2D eigenvalue weighted by atomic mass is 9.85. The molecular formula is C32H52O6. The number of carboxylic acid groups (broad SMARTS) is 1. The summed E-state index contributed by atoms with van der Waals surface area (Å²) in [6.45, 7) is 6.66. The average Bonchev–Trinajstić information content (AvgIpc) is 3.05. The van der Waals surface area contributed by atoms with Gasteiger partial charge in [-0.1, -0.05) is 63.8 Å². The van der Waals surface area contributed by atoms with E-state index in [1.54, 1.807) is 0 Å². The maximum atomic E-state index is 10.8. The van der Waals surface area contributed by atoms with E-state index in [1.807, 2.05) is 6.08 Å². The monoisotopic (exact) mass is 532 g/mol. The fraction of sp³-hybridized carbons (Fsp3) is 0.844. The molecule has 1 N–H and O–H groups in total. The van der Waals surface area contributed by atoms with Gasteiger partial charge in [0, 0.05) is 30.8 Å². The Morgan fingerprint density at radius 3 is 2.37 bits per heavy atom. The summed E-state index contributed by atoms with van der Waals surface area (Å²) in [5, 5.41) is 8.91. The van der Waals surface area contributed by atoms with Crippen molar-refractivity contribution < 1.29 is 28.8 Å². The van der Waals surface area contributed by atoms with Gasteiger partial charge < -0.3 is 24.1 Å². The van der Waals surface area contributed by atoms with E-state index in [-0.39, 0.29) is 30.1 Å². The second-order valence-electron chi connectivity index (χ2n) is 12.9. The molecule has 2 saturated heterocycles. The van der Waals surface area contributed by atoms with Crippen LogP contribution in [0.3, 0.4) is 0 Å².